The molecule has 0 aliphatic heterocycles. The Bertz CT molecular complexity index is 619. The minimum absolute atomic E-state index is 0.148. The van der Waals surface area contributed by atoms with E-state index in [-0.39, 0.29) is 5.41 Å². The largest absolute Gasteiger partial charge is 0.275 e. The Hall–Kier alpha value is -1.58. The van der Waals surface area contributed by atoms with Crippen LogP contribution in [0.15, 0.2) is 12.4 Å². The molecular weight excluding hydrogens is 260 g/mol. The Morgan fingerprint density at radius 1 is 1.10 bits per heavy atom. The Balaban J connectivity index is 2.08. The Morgan fingerprint density at radius 2 is 1.71 bits per heavy atom. The van der Waals surface area contributed by atoms with Gasteiger partial charge in [0.05, 0.1) is 11.4 Å². The van der Waals surface area contributed by atoms with E-state index >= 15 is 0 Å². The van der Waals surface area contributed by atoms with Crippen LogP contribution in [0.3, 0.4) is 0 Å². The molecule has 2 rings (SSSR count). The molecule has 4 heteroatoms. The molecule has 0 N–H and O–H groups in total. The highest BCUT2D eigenvalue weighted by atomic mass is 15.3. The number of hydrogen-bond donors (Lipinski definition) is 0. The first-order valence-electron chi connectivity index (χ1n) is 7.71. The molecule has 0 saturated carbocycles. The van der Waals surface area contributed by atoms with Crippen molar-refractivity contribution < 1.29 is 0 Å². The van der Waals surface area contributed by atoms with Crippen molar-refractivity contribution in [3.8, 4) is 0 Å². The van der Waals surface area contributed by atoms with Gasteiger partial charge in [0.25, 0.3) is 0 Å². The molecule has 21 heavy (non-hydrogen) atoms. The van der Waals surface area contributed by atoms with Crippen LogP contribution in [0.1, 0.15) is 62.0 Å². The van der Waals surface area contributed by atoms with Gasteiger partial charge < -0.3 is 0 Å². The van der Waals surface area contributed by atoms with Gasteiger partial charge in [0.15, 0.2) is 0 Å². The van der Waals surface area contributed by atoms with Gasteiger partial charge in [-0.05, 0) is 43.2 Å². The predicted octanol–water partition coefficient (Wildman–Crippen LogP) is 3.63. The number of aromatic nitrogens is 4. The molecule has 1 unspecified atom stereocenters. The Kier molecular flexibility index (Phi) is 4.26. The summed E-state index contributed by atoms with van der Waals surface area (Å²) in [7, 11) is 3.98. The van der Waals surface area contributed by atoms with Crippen molar-refractivity contribution >= 4 is 0 Å². The molecular formula is C17H28N4. The first-order chi connectivity index (χ1) is 9.70. The summed E-state index contributed by atoms with van der Waals surface area (Å²) in [5.41, 5.74) is 5.17. The van der Waals surface area contributed by atoms with E-state index in [0.29, 0.717) is 5.92 Å². The lowest BCUT2D eigenvalue weighted by molar-refractivity contribution is 0.433. The summed E-state index contributed by atoms with van der Waals surface area (Å²) < 4.78 is 3.83. The van der Waals surface area contributed by atoms with Gasteiger partial charge in [0.1, 0.15) is 0 Å². The lowest BCUT2D eigenvalue weighted by atomic mass is 9.78. The van der Waals surface area contributed by atoms with Crippen LogP contribution >= 0.6 is 0 Å². The Labute approximate surface area is 128 Å². The van der Waals surface area contributed by atoms with Crippen LogP contribution in [0.2, 0.25) is 0 Å². The predicted molar refractivity (Wildman–Crippen MR) is 86.6 cm³/mol. The lowest BCUT2D eigenvalue weighted by Crippen LogP contribution is -2.18. The van der Waals surface area contributed by atoms with Crippen molar-refractivity contribution in [2.75, 3.05) is 0 Å². The molecule has 0 aromatic carbocycles. The second kappa shape index (κ2) is 5.66. The zero-order valence-electron chi connectivity index (χ0n) is 14.4. The van der Waals surface area contributed by atoms with E-state index in [1.54, 1.807) is 0 Å². The number of aryl methyl sites for hydroxylation is 4. The second-order valence-electron chi connectivity index (χ2n) is 7.00. The minimum atomic E-state index is 0.148. The summed E-state index contributed by atoms with van der Waals surface area (Å²) in [6.07, 6.45) is 6.53. The highest BCUT2D eigenvalue weighted by Gasteiger charge is 2.26. The maximum Gasteiger partial charge on any atom is 0.0681 e. The molecule has 2 aromatic heterocycles. The maximum absolute atomic E-state index is 4.61. The van der Waals surface area contributed by atoms with Crippen LogP contribution in [0.4, 0.5) is 0 Å². The van der Waals surface area contributed by atoms with Crippen LogP contribution in [-0.2, 0) is 19.5 Å². The molecule has 116 valence electrons. The van der Waals surface area contributed by atoms with Gasteiger partial charge in [0, 0.05) is 32.4 Å². The van der Waals surface area contributed by atoms with E-state index in [1.165, 1.54) is 16.8 Å². The molecule has 0 fully saturated rings. The van der Waals surface area contributed by atoms with Crippen molar-refractivity contribution in [3.05, 3.63) is 34.9 Å². The highest BCUT2D eigenvalue weighted by molar-refractivity contribution is 5.25. The minimum Gasteiger partial charge on any atom is -0.275 e. The molecule has 2 aromatic rings. The third-order valence-corrected chi connectivity index (χ3v) is 4.46. The molecule has 2 heterocycles. The first-order valence-corrected chi connectivity index (χ1v) is 7.71. The molecule has 0 spiro atoms. The molecule has 4 nitrogen and oxygen atoms in total. The van der Waals surface area contributed by atoms with Gasteiger partial charge in [-0.15, -0.1) is 0 Å². The third-order valence-electron chi connectivity index (χ3n) is 4.46. The van der Waals surface area contributed by atoms with Gasteiger partial charge >= 0.3 is 0 Å². The fourth-order valence-corrected chi connectivity index (χ4v) is 3.22. The zero-order valence-corrected chi connectivity index (χ0v) is 14.4. The van der Waals surface area contributed by atoms with E-state index in [9.17, 15) is 0 Å². The van der Waals surface area contributed by atoms with Crippen molar-refractivity contribution in [1.29, 1.82) is 0 Å². The summed E-state index contributed by atoms with van der Waals surface area (Å²) >= 11 is 0. The third kappa shape index (κ3) is 3.36. The molecule has 0 bridgehead atoms. The molecule has 0 aliphatic carbocycles. The van der Waals surface area contributed by atoms with Gasteiger partial charge in [-0.25, -0.2) is 0 Å². The number of nitrogens with zero attached hydrogens (tertiary/aromatic N) is 4. The van der Waals surface area contributed by atoms with Crippen LogP contribution in [0.25, 0.3) is 0 Å². The topological polar surface area (TPSA) is 35.6 Å². The molecule has 0 radical (unpaired) electrons. The fourth-order valence-electron chi connectivity index (χ4n) is 3.22. The van der Waals surface area contributed by atoms with Crippen LogP contribution in [0.5, 0.6) is 0 Å². The quantitative estimate of drug-likeness (QED) is 0.842. The van der Waals surface area contributed by atoms with E-state index < -0.39 is 0 Å². The van der Waals surface area contributed by atoms with Gasteiger partial charge in [-0.3, -0.25) is 9.36 Å². The summed E-state index contributed by atoms with van der Waals surface area (Å²) in [5, 5.41) is 9.09. The molecule has 0 saturated heterocycles. The number of hydrogen-bond acceptors (Lipinski definition) is 2. The lowest BCUT2D eigenvalue weighted by Gasteiger charge is -2.26. The van der Waals surface area contributed by atoms with E-state index in [0.717, 1.165) is 18.5 Å². The SMILES string of the molecule is Cc1cn(C)nc1C(C)CCC(C)(C)c1cn(C)nc1C. The zero-order chi connectivity index (χ0) is 15.8. The monoisotopic (exact) mass is 288 g/mol. The standard InChI is InChI=1S/C17H28N4/c1-12(16-13(2)10-20(6)19-16)8-9-17(4,5)15-11-21(7)18-14(15)3/h10-12H,8-9H2,1-7H3. The smallest absolute Gasteiger partial charge is 0.0681 e. The van der Waals surface area contributed by atoms with Crippen molar-refractivity contribution in [2.24, 2.45) is 14.1 Å². The van der Waals surface area contributed by atoms with Crippen molar-refractivity contribution in [1.82, 2.24) is 19.6 Å². The molecule has 0 aliphatic rings. The van der Waals surface area contributed by atoms with E-state index in [2.05, 4.69) is 57.2 Å². The summed E-state index contributed by atoms with van der Waals surface area (Å²) in [4.78, 5) is 0. The average molecular weight is 288 g/mol. The van der Waals surface area contributed by atoms with Crippen molar-refractivity contribution in [3.63, 3.8) is 0 Å². The summed E-state index contributed by atoms with van der Waals surface area (Å²) in [5.74, 6) is 0.488. The summed E-state index contributed by atoms with van der Waals surface area (Å²) in [6.45, 7) is 11.2. The van der Waals surface area contributed by atoms with Crippen LogP contribution in [-0.4, -0.2) is 19.6 Å². The van der Waals surface area contributed by atoms with E-state index in [4.69, 9.17) is 0 Å². The fraction of sp³-hybridized carbons (Fsp3) is 0.647. The maximum atomic E-state index is 4.61. The summed E-state index contributed by atoms with van der Waals surface area (Å²) in [6, 6.07) is 0. The molecule has 1 atom stereocenters. The van der Waals surface area contributed by atoms with Gasteiger partial charge in [-0.1, -0.05) is 20.8 Å². The van der Waals surface area contributed by atoms with Crippen LogP contribution < -0.4 is 0 Å². The van der Waals surface area contributed by atoms with Crippen LogP contribution in [0, 0.1) is 13.8 Å². The number of rotatable bonds is 5. The van der Waals surface area contributed by atoms with E-state index in [1.807, 2.05) is 23.5 Å². The highest BCUT2D eigenvalue weighted by Crippen LogP contribution is 2.34. The Morgan fingerprint density at radius 3 is 2.19 bits per heavy atom. The van der Waals surface area contributed by atoms with Gasteiger partial charge in [0.2, 0.25) is 0 Å². The van der Waals surface area contributed by atoms with Gasteiger partial charge in [-0.2, -0.15) is 10.2 Å². The van der Waals surface area contributed by atoms with Crippen molar-refractivity contribution in [2.45, 2.75) is 58.8 Å². The second-order valence-corrected chi connectivity index (χ2v) is 7.00. The average Bonchev–Trinajstić information content (AvgIpc) is 2.89. The normalized spacial score (nSPS) is 13.7. The molecule has 0 amide bonds. The first kappa shape index (κ1) is 15.8.